The van der Waals surface area contributed by atoms with Crippen LogP contribution in [-0.2, 0) is 10.8 Å². The molecule has 2 spiro atoms. The average Bonchev–Trinajstić information content (AvgIpc) is 3.86. The number of hydrogen-bond donors (Lipinski definition) is 0. The van der Waals surface area contributed by atoms with E-state index in [1.807, 2.05) is 0 Å². The molecular formula is C66H41NO2. The summed E-state index contributed by atoms with van der Waals surface area (Å²) in [6.45, 7) is 0. The predicted octanol–water partition coefficient (Wildman–Crippen LogP) is 16.9. The SMILES string of the molecule is c1ccc(-c2ccc(N(c3ccc4c(c3)C3(c5ccccc5Oc5ccccc53)c3ccccc3-4)c3ccc4cc5c(cc4c3)C3(c4ccccc4Oc4ccccc43)c3ccccc3-5)cc2)cc1. The van der Waals surface area contributed by atoms with Crippen LogP contribution in [0.5, 0.6) is 23.0 Å². The third-order valence-electron chi connectivity index (χ3n) is 15.4. The Morgan fingerprint density at radius 2 is 0.652 bits per heavy atom. The summed E-state index contributed by atoms with van der Waals surface area (Å²) < 4.78 is 13.4. The molecule has 0 amide bonds. The summed E-state index contributed by atoms with van der Waals surface area (Å²) in [5, 5.41) is 2.36. The van der Waals surface area contributed by atoms with Crippen LogP contribution in [0, 0.1) is 0 Å². The molecule has 2 aliphatic heterocycles. The van der Waals surface area contributed by atoms with Gasteiger partial charge < -0.3 is 14.4 Å². The number of para-hydroxylation sites is 4. The van der Waals surface area contributed by atoms with Crippen molar-refractivity contribution < 1.29 is 9.47 Å². The van der Waals surface area contributed by atoms with Crippen LogP contribution in [0.2, 0.25) is 0 Å². The van der Waals surface area contributed by atoms with E-state index in [-0.39, 0.29) is 0 Å². The Morgan fingerprint density at radius 1 is 0.246 bits per heavy atom. The van der Waals surface area contributed by atoms with Crippen LogP contribution in [0.4, 0.5) is 17.1 Å². The minimum absolute atomic E-state index is 0.561. The molecule has 69 heavy (non-hydrogen) atoms. The molecule has 11 aromatic carbocycles. The van der Waals surface area contributed by atoms with Gasteiger partial charge in [0.05, 0.1) is 10.8 Å². The maximum absolute atomic E-state index is 6.71. The van der Waals surface area contributed by atoms with Crippen LogP contribution in [0.3, 0.4) is 0 Å². The van der Waals surface area contributed by atoms with Crippen LogP contribution >= 0.6 is 0 Å². The maximum atomic E-state index is 6.71. The molecule has 11 aromatic rings. The van der Waals surface area contributed by atoms with Crippen molar-refractivity contribution in [2.75, 3.05) is 4.90 Å². The molecular weight excluding hydrogens is 839 g/mol. The van der Waals surface area contributed by atoms with Gasteiger partial charge in [-0.05, 0) is 139 Å². The van der Waals surface area contributed by atoms with E-state index < -0.39 is 10.8 Å². The molecule has 4 aliphatic rings. The molecule has 0 unspecified atom stereocenters. The molecule has 0 bridgehead atoms. The second kappa shape index (κ2) is 14.3. The van der Waals surface area contributed by atoms with Gasteiger partial charge in [-0.15, -0.1) is 0 Å². The van der Waals surface area contributed by atoms with Gasteiger partial charge in [0.1, 0.15) is 23.0 Å². The fraction of sp³-hybridized carbons (Fsp3) is 0.0303. The van der Waals surface area contributed by atoms with E-state index in [0.29, 0.717) is 0 Å². The predicted molar refractivity (Wildman–Crippen MR) is 279 cm³/mol. The highest BCUT2D eigenvalue weighted by atomic mass is 16.5. The fourth-order valence-electron chi connectivity index (χ4n) is 12.6. The number of benzene rings is 11. The molecule has 0 radical (unpaired) electrons. The van der Waals surface area contributed by atoms with Crippen LogP contribution in [0.25, 0.3) is 44.2 Å². The first-order valence-electron chi connectivity index (χ1n) is 23.8. The van der Waals surface area contributed by atoms with Crippen molar-refractivity contribution in [1.29, 1.82) is 0 Å². The lowest BCUT2D eigenvalue weighted by Crippen LogP contribution is -2.32. The first-order valence-corrected chi connectivity index (χ1v) is 23.8. The van der Waals surface area contributed by atoms with Crippen molar-refractivity contribution in [3.8, 4) is 56.4 Å². The van der Waals surface area contributed by atoms with Crippen molar-refractivity contribution in [3.63, 3.8) is 0 Å². The van der Waals surface area contributed by atoms with Gasteiger partial charge in [0.25, 0.3) is 0 Å². The molecule has 0 fully saturated rings. The van der Waals surface area contributed by atoms with Crippen molar-refractivity contribution in [1.82, 2.24) is 0 Å². The highest BCUT2D eigenvalue weighted by Crippen LogP contribution is 2.64. The van der Waals surface area contributed by atoms with Gasteiger partial charge in [-0.1, -0.05) is 176 Å². The summed E-state index contributed by atoms with van der Waals surface area (Å²) in [6, 6.07) is 91.0. The molecule has 3 nitrogen and oxygen atoms in total. The van der Waals surface area contributed by atoms with E-state index in [0.717, 1.165) is 62.3 Å². The highest BCUT2D eigenvalue weighted by Gasteiger charge is 2.52. The number of ether oxygens (including phenoxy) is 2. The lowest BCUT2D eigenvalue weighted by atomic mass is 9.66. The van der Waals surface area contributed by atoms with Crippen LogP contribution < -0.4 is 14.4 Å². The normalized spacial score (nSPS) is 14.3. The lowest BCUT2D eigenvalue weighted by molar-refractivity contribution is 0.436. The zero-order chi connectivity index (χ0) is 45.3. The first kappa shape index (κ1) is 38.2. The Bertz CT molecular complexity index is 3830. The Labute approximate surface area is 400 Å². The van der Waals surface area contributed by atoms with Gasteiger partial charge in [-0.2, -0.15) is 0 Å². The maximum Gasteiger partial charge on any atom is 0.132 e. The number of fused-ring (bicyclic) bond motifs is 19. The third kappa shape index (κ3) is 5.16. The Balaban J connectivity index is 0.972. The molecule has 0 saturated carbocycles. The quantitative estimate of drug-likeness (QED) is 0.176. The van der Waals surface area contributed by atoms with Crippen LogP contribution in [-0.4, -0.2) is 0 Å². The summed E-state index contributed by atoms with van der Waals surface area (Å²) in [4.78, 5) is 2.44. The molecule has 0 saturated heterocycles. The van der Waals surface area contributed by atoms with Gasteiger partial charge in [0.2, 0.25) is 0 Å². The Kier molecular flexibility index (Phi) is 7.92. The molecule has 0 atom stereocenters. The summed E-state index contributed by atoms with van der Waals surface area (Å²) in [5.74, 6) is 3.55. The Morgan fingerprint density at radius 3 is 1.22 bits per heavy atom. The van der Waals surface area contributed by atoms with Gasteiger partial charge in [0, 0.05) is 39.3 Å². The highest BCUT2D eigenvalue weighted by molar-refractivity contribution is 5.99. The molecule has 2 aliphatic carbocycles. The summed E-state index contributed by atoms with van der Waals surface area (Å²) in [5.41, 5.74) is 19.1. The number of nitrogens with zero attached hydrogens (tertiary/aromatic N) is 1. The van der Waals surface area contributed by atoms with Crippen molar-refractivity contribution >= 4 is 27.8 Å². The summed E-state index contributed by atoms with van der Waals surface area (Å²) in [6.07, 6.45) is 0. The largest absolute Gasteiger partial charge is 0.457 e. The van der Waals surface area contributed by atoms with E-state index in [4.69, 9.17) is 9.47 Å². The fourth-order valence-corrected chi connectivity index (χ4v) is 12.6. The van der Waals surface area contributed by atoms with Crippen molar-refractivity contribution in [2.45, 2.75) is 10.8 Å². The number of anilines is 3. The molecule has 0 N–H and O–H groups in total. The van der Waals surface area contributed by atoms with Crippen LogP contribution in [0.15, 0.2) is 249 Å². The topological polar surface area (TPSA) is 21.7 Å². The minimum atomic E-state index is -0.597. The van der Waals surface area contributed by atoms with Gasteiger partial charge in [-0.3, -0.25) is 0 Å². The molecule has 15 rings (SSSR count). The Hall–Kier alpha value is -8.92. The molecule has 322 valence electrons. The average molecular weight is 880 g/mol. The van der Waals surface area contributed by atoms with E-state index in [1.54, 1.807) is 0 Å². The molecule has 3 heteroatoms. The third-order valence-corrected chi connectivity index (χ3v) is 15.4. The standard InChI is InChI=1S/C66H41NO2/c1-2-16-42(17-3-1)43-30-33-46(34-31-43)67(48-36-37-51-49-18-4-6-20-53(49)66(60(51)41-48)57-24-10-14-28-63(57)69-64-29-15-11-25-58(64)66)47-35-32-44-39-52-50-19-5-7-21-54(50)65(59(52)40-45(44)38-47)55-22-8-12-26-61(55)68-62-27-13-9-23-56(62)65/h1-41H. The lowest BCUT2D eigenvalue weighted by Gasteiger charge is -2.39. The summed E-state index contributed by atoms with van der Waals surface area (Å²) >= 11 is 0. The number of rotatable bonds is 4. The second-order valence-electron chi connectivity index (χ2n) is 18.7. The van der Waals surface area contributed by atoms with E-state index in [1.165, 1.54) is 66.4 Å². The zero-order valence-electron chi connectivity index (χ0n) is 37.4. The molecule has 2 heterocycles. The first-order chi connectivity index (χ1) is 34.2. The van der Waals surface area contributed by atoms with Gasteiger partial charge in [-0.25, -0.2) is 0 Å². The van der Waals surface area contributed by atoms with Gasteiger partial charge in [0.15, 0.2) is 0 Å². The number of hydrogen-bond acceptors (Lipinski definition) is 3. The van der Waals surface area contributed by atoms with E-state index in [9.17, 15) is 0 Å². The monoisotopic (exact) mass is 879 g/mol. The summed E-state index contributed by atoms with van der Waals surface area (Å²) in [7, 11) is 0. The zero-order valence-corrected chi connectivity index (χ0v) is 37.4. The van der Waals surface area contributed by atoms with Crippen LogP contribution in [0.1, 0.15) is 44.5 Å². The second-order valence-corrected chi connectivity index (χ2v) is 18.7. The van der Waals surface area contributed by atoms with Crippen molar-refractivity contribution in [2.24, 2.45) is 0 Å². The smallest absolute Gasteiger partial charge is 0.132 e. The van der Waals surface area contributed by atoms with E-state index in [2.05, 4.69) is 254 Å². The van der Waals surface area contributed by atoms with E-state index >= 15 is 0 Å². The van der Waals surface area contributed by atoms with Crippen molar-refractivity contribution in [3.05, 3.63) is 293 Å². The van der Waals surface area contributed by atoms with Gasteiger partial charge >= 0.3 is 0 Å². The molecule has 0 aromatic heterocycles. The minimum Gasteiger partial charge on any atom is -0.457 e.